The van der Waals surface area contributed by atoms with E-state index in [1.54, 1.807) is 13.8 Å². The number of nitrogens with zero attached hydrogens (tertiary/aromatic N) is 2. The van der Waals surface area contributed by atoms with E-state index in [2.05, 4.69) is 5.16 Å². The van der Waals surface area contributed by atoms with Gasteiger partial charge in [-0.05, 0) is 13.8 Å². The van der Waals surface area contributed by atoms with Crippen molar-refractivity contribution in [3.63, 3.8) is 0 Å². The van der Waals surface area contributed by atoms with Crippen LogP contribution in [0.5, 0.6) is 0 Å². The number of rotatable bonds is 3. The third-order valence-electron chi connectivity index (χ3n) is 1.87. The molecule has 1 fully saturated rings. The average Bonchev–Trinajstić information content (AvgIpc) is 2.57. The SMILES string of the molecule is CC1(C)OCC(COC(=O)/C(C#N)=N/O)O1. The molecule has 0 bridgehead atoms. The van der Waals surface area contributed by atoms with E-state index in [0.717, 1.165) is 0 Å². The molecule has 1 heterocycles. The molecule has 1 N–H and O–H groups in total. The number of ether oxygens (including phenoxy) is 3. The first-order valence-electron chi connectivity index (χ1n) is 4.59. The number of esters is 1. The highest BCUT2D eigenvalue weighted by Crippen LogP contribution is 2.22. The Labute approximate surface area is 92.2 Å². The van der Waals surface area contributed by atoms with Gasteiger partial charge in [0.1, 0.15) is 18.8 Å². The van der Waals surface area contributed by atoms with Gasteiger partial charge in [-0.1, -0.05) is 5.16 Å². The highest BCUT2D eigenvalue weighted by atomic mass is 16.7. The molecular formula is C9H12N2O5. The molecule has 1 rings (SSSR count). The van der Waals surface area contributed by atoms with Crippen molar-refractivity contribution < 1.29 is 24.2 Å². The topological polar surface area (TPSA) is 101 Å². The summed E-state index contributed by atoms with van der Waals surface area (Å²) in [6, 6.07) is 1.40. The number of oxime groups is 1. The van der Waals surface area contributed by atoms with Crippen LogP contribution in [0.3, 0.4) is 0 Å². The molecule has 0 amide bonds. The van der Waals surface area contributed by atoms with Crippen molar-refractivity contribution in [2.24, 2.45) is 5.16 Å². The molecule has 0 spiro atoms. The van der Waals surface area contributed by atoms with Crippen molar-refractivity contribution in [2.45, 2.75) is 25.7 Å². The first kappa shape index (κ1) is 12.4. The van der Waals surface area contributed by atoms with E-state index in [4.69, 9.17) is 24.7 Å². The van der Waals surface area contributed by atoms with Crippen LogP contribution in [0.2, 0.25) is 0 Å². The fraction of sp³-hybridized carbons (Fsp3) is 0.667. The van der Waals surface area contributed by atoms with Crippen LogP contribution in [-0.4, -0.2) is 42.0 Å². The van der Waals surface area contributed by atoms with Gasteiger partial charge in [0.2, 0.25) is 0 Å². The first-order chi connectivity index (χ1) is 7.48. The summed E-state index contributed by atoms with van der Waals surface area (Å²) in [4.78, 5) is 11.1. The van der Waals surface area contributed by atoms with Gasteiger partial charge in [0.25, 0.3) is 5.71 Å². The summed E-state index contributed by atoms with van der Waals surface area (Å²) in [5.74, 6) is -1.68. The van der Waals surface area contributed by atoms with Gasteiger partial charge in [-0.3, -0.25) is 0 Å². The molecule has 1 unspecified atom stereocenters. The Kier molecular flexibility index (Phi) is 3.82. The Balaban J connectivity index is 2.37. The highest BCUT2D eigenvalue weighted by Gasteiger charge is 2.33. The molecule has 16 heavy (non-hydrogen) atoms. The monoisotopic (exact) mass is 228 g/mol. The maximum absolute atomic E-state index is 11.1. The fourth-order valence-electron chi connectivity index (χ4n) is 1.19. The Morgan fingerprint density at radius 2 is 2.44 bits per heavy atom. The molecule has 1 saturated heterocycles. The molecule has 0 aromatic heterocycles. The second kappa shape index (κ2) is 4.92. The molecule has 0 aromatic carbocycles. The van der Waals surface area contributed by atoms with Gasteiger partial charge >= 0.3 is 5.97 Å². The predicted molar refractivity (Wildman–Crippen MR) is 50.7 cm³/mol. The molecule has 0 aliphatic carbocycles. The quantitative estimate of drug-likeness (QED) is 0.316. The molecule has 7 nitrogen and oxygen atoms in total. The van der Waals surface area contributed by atoms with E-state index < -0.39 is 17.5 Å². The maximum atomic E-state index is 11.1. The van der Waals surface area contributed by atoms with E-state index >= 15 is 0 Å². The summed E-state index contributed by atoms with van der Waals surface area (Å²) in [6.45, 7) is 3.73. The lowest BCUT2D eigenvalue weighted by molar-refractivity contribution is -0.153. The highest BCUT2D eigenvalue weighted by molar-refractivity contribution is 6.42. The number of hydrogen-bond acceptors (Lipinski definition) is 7. The van der Waals surface area contributed by atoms with Gasteiger partial charge in [-0.25, -0.2) is 4.79 Å². The standard InChI is InChI=1S/C9H12N2O5/c1-9(2)15-5-6(16-9)4-14-8(12)7(3-10)11-13/h6,13H,4-5H2,1-2H3/b11-7+. The van der Waals surface area contributed by atoms with Crippen LogP contribution in [0.15, 0.2) is 5.16 Å². The Morgan fingerprint density at radius 3 is 2.88 bits per heavy atom. The Bertz CT molecular complexity index is 344. The number of carbonyl (C=O) groups excluding carboxylic acids is 1. The maximum Gasteiger partial charge on any atom is 0.371 e. The molecule has 0 radical (unpaired) electrons. The van der Waals surface area contributed by atoms with Crippen molar-refractivity contribution in [1.29, 1.82) is 5.26 Å². The van der Waals surface area contributed by atoms with Gasteiger partial charge in [0.15, 0.2) is 5.79 Å². The van der Waals surface area contributed by atoms with Crippen LogP contribution < -0.4 is 0 Å². The van der Waals surface area contributed by atoms with E-state index in [0.29, 0.717) is 6.61 Å². The summed E-state index contributed by atoms with van der Waals surface area (Å²) in [7, 11) is 0. The molecule has 0 aromatic rings. The minimum atomic E-state index is -0.988. The van der Waals surface area contributed by atoms with Crippen molar-refractivity contribution in [1.82, 2.24) is 0 Å². The molecule has 1 atom stereocenters. The van der Waals surface area contributed by atoms with Crippen LogP contribution in [0, 0.1) is 11.3 Å². The van der Waals surface area contributed by atoms with Crippen molar-refractivity contribution in [2.75, 3.05) is 13.2 Å². The largest absolute Gasteiger partial charge is 0.457 e. The summed E-state index contributed by atoms with van der Waals surface area (Å²) in [6.07, 6.45) is -0.377. The van der Waals surface area contributed by atoms with Crippen molar-refractivity contribution in [3.05, 3.63) is 0 Å². The van der Waals surface area contributed by atoms with Gasteiger partial charge in [-0.2, -0.15) is 5.26 Å². The van der Waals surface area contributed by atoms with Gasteiger partial charge in [0.05, 0.1) is 6.61 Å². The van der Waals surface area contributed by atoms with Crippen LogP contribution in [0.1, 0.15) is 13.8 Å². The van der Waals surface area contributed by atoms with Gasteiger partial charge in [0, 0.05) is 0 Å². The second-order valence-corrected chi connectivity index (χ2v) is 3.61. The Hall–Kier alpha value is -1.65. The van der Waals surface area contributed by atoms with Gasteiger partial charge in [-0.15, -0.1) is 0 Å². The zero-order valence-corrected chi connectivity index (χ0v) is 8.97. The van der Waals surface area contributed by atoms with E-state index in [1.165, 1.54) is 6.07 Å². The lowest BCUT2D eigenvalue weighted by Gasteiger charge is -2.16. The van der Waals surface area contributed by atoms with Crippen molar-refractivity contribution >= 4 is 11.7 Å². The molecular weight excluding hydrogens is 216 g/mol. The summed E-state index contributed by atoms with van der Waals surface area (Å²) >= 11 is 0. The zero-order chi connectivity index (χ0) is 12.2. The number of carbonyl (C=O) groups is 1. The molecule has 1 aliphatic rings. The van der Waals surface area contributed by atoms with Crippen molar-refractivity contribution in [3.8, 4) is 6.07 Å². The minimum absolute atomic E-state index is 0.0526. The first-order valence-corrected chi connectivity index (χ1v) is 4.59. The van der Waals surface area contributed by atoms with Crippen LogP contribution in [-0.2, 0) is 19.0 Å². The normalized spacial score (nSPS) is 23.8. The van der Waals surface area contributed by atoms with Crippen LogP contribution in [0.25, 0.3) is 0 Å². The molecule has 1 aliphatic heterocycles. The smallest absolute Gasteiger partial charge is 0.371 e. The average molecular weight is 228 g/mol. The van der Waals surface area contributed by atoms with Gasteiger partial charge < -0.3 is 19.4 Å². The number of nitriles is 1. The summed E-state index contributed by atoms with van der Waals surface area (Å²) in [5, 5.41) is 19.1. The van der Waals surface area contributed by atoms with Crippen LogP contribution in [0.4, 0.5) is 0 Å². The van der Waals surface area contributed by atoms with E-state index in [-0.39, 0.29) is 12.7 Å². The lowest BCUT2D eigenvalue weighted by Crippen LogP contribution is -2.27. The van der Waals surface area contributed by atoms with E-state index in [9.17, 15) is 4.79 Å². The molecule has 0 saturated carbocycles. The lowest BCUT2D eigenvalue weighted by atomic mass is 10.4. The second-order valence-electron chi connectivity index (χ2n) is 3.61. The van der Waals surface area contributed by atoms with Crippen LogP contribution >= 0.6 is 0 Å². The van der Waals surface area contributed by atoms with E-state index in [1.807, 2.05) is 0 Å². The predicted octanol–water partition coefficient (Wildman–Crippen LogP) is 0.0349. The fourth-order valence-corrected chi connectivity index (χ4v) is 1.19. The zero-order valence-electron chi connectivity index (χ0n) is 8.97. The summed E-state index contributed by atoms with van der Waals surface area (Å²) < 4.78 is 15.3. The minimum Gasteiger partial charge on any atom is -0.457 e. The third kappa shape index (κ3) is 3.18. The molecule has 88 valence electrons. The Morgan fingerprint density at radius 1 is 1.75 bits per heavy atom. The third-order valence-corrected chi connectivity index (χ3v) is 1.87. The number of hydrogen-bond donors (Lipinski definition) is 1. The molecule has 7 heteroatoms. The summed E-state index contributed by atoms with van der Waals surface area (Å²) in [5.41, 5.74) is -0.696.